The minimum atomic E-state index is -0.569. The molecule has 0 unspecified atom stereocenters. The van der Waals surface area contributed by atoms with Gasteiger partial charge in [0.15, 0.2) is 5.78 Å². The topological polar surface area (TPSA) is 60.2 Å². The summed E-state index contributed by atoms with van der Waals surface area (Å²) in [5.41, 5.74) is -0.132. The monoisotopic (exact) mass is 341 g/mol. The Morgan fingerprint density at radius 1 is 1.19 bits per heavy atom. The van der Waals surface area contributed by atoms with E-state index in [9.17, 15) is 14.9 Å². The van der Waals surface area contributed by atoms with Gasteiger partial charge in [0.05, 0.1) is 15.5 Å². The summed E-state index contributed by atoms with van der Waals surface area (Å²) in [4.78, 5) is 23.2. The molecule has 0 aliphatic rings. The van der Waals surface area contributed by atoms with Gasteiger partial charge in [0, 0.05) is 20.9 Å². The maximum atomic E-state index is 11.4. The molecule has 2 aromatic rings. The van der Waals surface area contributed by atoms with E-state index in [1.54, 1.807) is 24.3 Å². The summed E-state index contributed by atoms with van der Waals surface area (Å²) in [5, 5.41) is 12.1. The molecule has 0 radical (unpaired) electrons. The molecule has 0 N–H and O–H groups in total. The number of nitro benzene ring substituents is 1. The third kappa shape index (κ3) is 3.75. The number of Topliss-reactive ketones (excluding diaryl/α,β-unsaturated/α-hetero) is 1. The first-order valence-corrected chi connectivity index (χ1v) is 7.38. The third-order valence-electron chi connectivity index (χ3n) is 2.67. The summed E-state index contributed by atoms with van der Waals surface area (Å²) in [6.07, 6.45) is 0. The smallest absolute Gasteiger partial charge is 0.281 e. The molecular formula is C14H9Cl2NO3S. The molecule has 21 heavy (non-hydrogen) atoms. The van der Waals surface area contributed by atoms with Crippen molar-refractivity contribution in [3.05, 3.63) is 62.1 Å². The second-order valence-corrected chi connectivity index (χ2v) is 6.13. The van der Waals surface area contributed by atoms with Crippen molar-refractivity contribution < 1.29 is 9.72 Å². The Labute approximate surface area is 135 Å². The van der Waals surface area contributed by atoms with Gasteiger partial charge in [-0.05, 0) is 37.3 Å². The predicted molar refractivity (Wildman–Crippen MR) is 83.7 cm³/mol. The van der Waals surface area contributed by atoms with Crippen molar-refractivity contribution in [1.29, 1.82) is 0 Å². The van der Waals surface area contributed by atoms with E-state index in [0.29, 0.717) is 19.8 Å². The SMILES string of the molecule is CC(=O)c1ccc(Sc2cc(Cl)ccc2Cl)cc1[N+](=O)[O-]. The summed E-state index contributed by atoms with van der Waals surface area (Å²) in [7, 11) is 0. The number of rotatable bonds is 4. The van der Waals surface area contributed by atoms with E-state index >= 15 is 0 Å². The van der Waals surface area contributed by atoms with Crippen molar-refractivity contribution in [3.8, 4) is 0 Å². The molecule has 0 bridgehead atoms. The van der Waals surface area contributed by atoms with Crippen molar-refractivity contribution in [1.82, 2.24) is 0 Å². The van der Waals surface area contributed by atoms with Gasteiger partial charge >= 0.3 is 0 Å². The van der Waals surface area contributed by atoms with E-state index in [-0.39, 0.29) is 17.0 Å². The molecule has 0 aromatic heterocycles. The molecule has 2 rings (SSSR count). The highest BCUT2D eigenvalue weighted by Gasteiger charge is 2.18. The minimum absolute atomic E-state index is 0.0848. The lowest BCUT2D eigenvalue weighted by atomic mass is 10.1. The molecule has 0 heterocycles. The Bertz CT molecular complexity index is 734. The average molecular weight is 342 g/mol. The highest BCUT2D eigenvalue weighted by Crippen LogP contribution is 2.37. The molecule has 4 nitrogen and oxygen atoms in total. The molecule has 0 aliphatic heterocycles. The zero-order valence-corrected chi connectivity index (χ0v) is 13.1. The number of nitro groups is 1. The van der Waals surface area contributed by atoms with Crippen molar-refractivity contribution >= 4 is 46.4 Å². The zero-order chi connectivity index (χ0) is 15.6. The molecule has 7 heteroatoms. The first-order valence-electron chi connectivity index (χ1n) is 5.81. The Morgan fingerprint density at radius 3 is 2.52 bits per heavy atom. The number of hydrogen-bond acceptors (Lipinski definition) is 4. The molecule has 108 valence electrons. The largest absolute Gasteiger partial charge is 0.294 e. The lowest BCUT2D eigenvalue weighted by molar-refractivity contribution is -0.385. The van der Waals surface area contributed by atoms with Crippen molar-refractivity contribution in [2.24, 2.45) is 0 Å². The van der Waals surface area contributed by atoms with Crippen LogP contribution in [0.5, 0.6) is 0 Å². The molecular weight excluding hydrogens is 333 g/mol. The first kappa shape index (κ1) is 15.8. The molecule has 0 amide bonds. The van der Waals surface area contributed by atoms with Crippen LogP contribution in [0.15, 0.2) is 46.2 Å². The van der Waals surface area contributed by atoms with Gasteiger partial charge in [-0.1, -0.05) is 35.0 Å². The Kier molecular flexibility index (Phi) is 4.88. The van der Waals surface area contributed by atoms with E-state index in [0.717, 1.165) is 0 Å². The summed E-state index contributed by atoms with van der Waals surface area (Å²) < 4.78 is 0. The maximum absolute atomic E-state index is 11.4. The molecule has 2 aromatic carbocycles. The van der Waals surface area contributed by atoms with Crippen LogP contribution in [-0.4, -0.2) is 10.7 Å². The zero-order valence-electron chi connectivity index (χ0n) is 10.8. The fourth-order valence-corrected chi connectivity index (χ4v) is 3.09. The first-order chi connectivity index (χ1) is 9.88. The fraction of sp³-hybridized carbons (Fsp3) is 0.0714. The van der Waals surface area contributed by atoms with E-state index in [2.05, 4.69) is 0 Å². The molecule has 0 atom stereocenters. The van der Waals surface area contributed by atoms with E-state index in [4.69, 9.17) is 23.2 Å². The quantitative estimate of drug-likeness (QED) is 0.432. The number of benzene rings is 2. The second kappa shape index (κ2) is 6.47. The Balaban J connectivity index is 2.41. The highest BCUT2D eigenvalue weighted by atomic mass is 35.5. The van der Waals surface area contributed by atoms with Crippen LogP contribution in [-0.2, 0) is 0 Å². The minimum Gasteiger partial charge on any atom is -0.294 e. The number of carbonyl (C=O) groups is 1. The summed E-state index contributed by atoms with van der Waals surface area (Å²) in [5.74, 6) is -0.348. The van der Waals surface area contributed by atoms with Gasteiger partial charge in [-0.3, -0.25) is 14.9 Å². The van der Waals surface area contributed by atoms with Crippen LogP contribution in [0.25, 0.3) is 0 Å². The van der Waals surface area contributed by atoms with Gasteiger partial charge in [0.25, 0.3) is 5.69 Å². The fourth-order valence-electron chi connectivity index (χ4n) is 1.71. The third-order valence-corrected chi connectivity index (χ3v) is 4.39. The van der Waals surface area contributed by atoms with Gasteiger partial charge in [0.2, 0.25) is 0 Å². The molecule has 0 spiro atoms. The van der Waals surface area contributed by atoms with Crippen LogP contribution in [0.3, 0.4) is 0 Å². The molecule has 0 fully saturated rings. The van der Waals surface area contributed by atoms with Gasteiger partial charge in [0.1, 0.15) is 0 Å². The van der Waals surface area contributed by atoms with Crippen LogP contribution >= 0.6 is 35.0 Å². The summed E-state index contributed by atoms with van der Waals surface area (Å²) in [6.45, 7) is 1.29. The van der Waals surface area contributed by atoms with Crippen LogP contribution < -0.4 is 0 Å². The van der Waals surface area contributed by atoms with Crippen LogP contribution in [0.2, 0.25) is 10.0 Å². The van der Waals surface area contributed by atoms with E-state index < -0.39 is 4.92 Å². The van der Waals surface area contributed by atoms with E-state index in [1.165, 1.54) is 30.8 Å². The molecule has 0 aliphatic carbocycles. The lowest BCUT2D eigenvalue weighted by Gasteiger charge is -2.06. The number of nitrogens with zero attached hydrogens (tertiary/aromatic N) is 1. The second-order valence-electron chi connectivity index (χ2n) is 4.17. The number of ketones is 1. The maximum Gasteiger partial charge on any atom is 0.281 e. The predicted octanol–water partition coefficient (Wildman–Crippen LogP) is 5.26. The van der Waals surface area contributed by atoms with Gasteiger partial charge in [-0.2, -0.15) is 0 Å². The molecule has 0 saturated heterocycles. The molecule has 0 saturated carbocycles. The standard InChI is InChI=1S/C14H9Cl2NO3S/c1-8(18)11-4-3-10(7-13(11)17(19)20)21-14-6-9(15)2-5-12(14)16/h2-7H,1H3. The number of halogens is 2. The van der Waals surface area contributed by atoms with Crippen molar-refractivity contribution in [2.45, 2.75) is 16.7 Å². The van der Waals surface area contributed by atoms with Crippen molar-refractivity contribution in [2.75, 3.05) is 0 Å². The average Bonchev–Trinajstić information content (AvgIpc) is 2.42. The van der Waals surface area contributed by atoms with Crippen LogP contribution in [0, 0.1) is 10.1 Å². The van der Waals surface area contributed by atoms with Gasteiger partial charge in [-0.15, -0.1) is 0 Å². The number of hydrogen-bond donors (Lipinski definition) is 0. The highest BCUT2D eigenvalue weighted by molar-refractivity contribution is 7.99. The van der Waals surface area contributed by atoms with Crippen molar-refractivity contribution in [3.63, 3.8) is 0 Å². The van der Waals surface area contributed by atoms with E-state index in [1.807, 2.05) is 0 Å². The number of carbonyl (C=O) groups excluding carboxylic acids is 1. The Hall–Kier alpha value is -1.56. The normalized spacial score (nSPS) is 10.4. The lowest BCUT2D eigenvalue weighted by Crippen LogP contribution is -2.00. The van der Waals surface area contributed by atoms with Crippen LogP contribution in [0.4, 0.5) is 5.69 Å². The van der Waals surface area contributed by atoms with Gasteiger partial charge < -0.3 is 0 Å². The van der Waals surface area contributed by atoms with Crippen LogP contribution in [0.1, 0.15) is 17.3 Å². The Morgan fingerprint density at radius 2 is 1.90 bits per heavy atom. The van der Waals surface area contributed by atoms with Gasteiger partial charge in [-0.25, -0.2) is 0 Å². The summed E-state index contributed by atoms with van der Waals surface area (Å²) in [6, 6.07) is 9.45. The summed E-state index contributed by atoms with van der Waals surface area (Å²) >= 11 is 13.2.